The molecule has 6 nitrogen and oxygen atoms in total. The molecule has 1 amide bonds. The Bertz CT molecular complexity index is 826. The number of piperidine rings is 1. The Kier molecular flexibility index (Phi) is 6.20. The predicted molar refractivity (Wildman–Crippen MR) is 108 cm³/mol. The molecule has 1 atom stereocenters. The van der Waals surface area contributed by atoms with E-state index in [0.29, 0.717) is 31.3 Å². The molecule has 2 aliphatic rings. The Morgan fingerprint density at radius 2 is 2.07 bits per heavy atom. The van der Waals surface area contributed by atoms with Gasteiger partial charge in [-0.25, -0.2) is 4.98 Å². The summed E-state index contributed by atoms with van der Waals surface area (Å²) in [4.78, 5) is 26.2. The van der Waals surface area contributed by atoms with Crippen molar-refractivity contribution in [1.82, 2.24) is 19.8 Å². The molecule has 0 unspecified atom stereocenters. The Hall–Kier alpha value is -2.02. The van der Waals surface area contributed by atoms with Crippen LogP contribution in [0.3, 0.4) is 0 Å². The zero-order valence-corrected chi connectivity index (χ0v) is 16.6. The first-order valence-corrected chi connectivity index (χ1v) is 10.2. The number of halogens is 1. The van der Waals surface area contributed by atoms with Gasteiger partial charge < -0.3 is 9.64 Å². The second-order valence-corrected chi connectivity index (χ2v) is 7.84. The molecule has 0 radical (unpaired) electrons. The maximum atomic E-state index is 12.8. The minimum Gasteiger partial charge on any atom is -0.379 e. The summed E-state index contributed by atoms with van der Waals surface area (Å²) >= 11 is 6.11. The van der Waals surface area contributed by atoms with Crippen LogP contribution in [0.15, 0.2) is 36.7 Å². The van der Waals surface area contributed by atoms with E-state index in [1.165, 1.54) is 0 Å². The number of morpholine rings is 1. The van der Waals surface area contributed by atoms with Crippen molar-refractivity contribution in [2.75, 3.05) is 45.9 Å². The molecule has 3 heterocycles. The van der Waals surface area contributed by atoms with Crippen molar-refractivity contribution in [2.24, 2.45) is 0 Å². The van der Waals surface area contributed by atoms with Gasteiger partial charge in [0.25, 0.3) is 0 Å². The van der Waals surface area contributed by atoms with Gasteiger partial charge in [-0.1, -0.05) is 23.7 Å². The normalized spacial score (nSPS) is 20.9. The van der Waals surface area contributed by atoms with E-state index < -0.39 is 0 Å². The number of benzene rings is 1. The zero-order valence-electron chi connectivity index (χ0n) is 15.9. The average molecular weight is 401 g/mol. The largest absolute Gasteiger partial charge is 0.379 e. The van der Waals surface area contributed by atoms with Crippen LogP contribution in [0.2, 0.25) is 5.02 Å². The van der Waals surface area contributed by atoms with E-state index in [-0.39, 0.29) is 11.8 Å². The Labute approximate surface area is 170 Å². The summed E-state index contributed by atoms with van der Waals surface area (Å²) in [5.74, 6) is 0.416. The van der Waals surface area contributed by atoms with Crippen LogP contribution in [-0.2, 0) is 9.53 Å². The lowest BCUT2D eigenvalue weighted by Gasteiger charge is -2.34. The molecule has 0 saturated carbocycles. The number of hydrogen-bond acceptors (Lipinski definition) is 5. The first kappa shape index (κ1) is 19.3. The van der Waals surface area contributed by atoms with Crippen molar-refractivity contribution < 1.29 is 9.53 Å². The van der Waals surface area contributed by atoms with Crippen molar-refractivity contribution in [3.05, 3.63) is 47.4 Å². The quantitative estimate of drug-likeness (QED) is 0.789. The number of hydrogen-bond donors (Lipinski definition) is 0. The molecule has 7 heteroatoms. The molecular weight excluding hydrogens is 376 g/mol. The SMILES string of the molecule is O=C(CN1CCOCC1)N1CCC[C@H](c2cncc(-c3cccc(Cl)c3)n2)C1. The summed E-state index contributed by atoms with van der Waals surface area (Å²) < 4.78 is 5.37. The van der Waals surface area contributed by atoms with E-state index in [1.54, 1.807) is 6.20 Å². The Balaban J connectivity index is 1.44. The molecule has 2 aromatic rings. The van der Waals surface area contributed by atoms with Crippen LogP contribution in [0, 0.1) is 0 Å². The van der Waals surface area contributed by atoms with E-state index in [1.807, 2.05) is 35.4 Å². The van der Waals surface area contributed by atoms with E-state index in [0.717, 1.165) is 49.4 Å². The van der Waals surface area contributed by atoms with Crippen molar-refractivity contribution in [3.8, 4) is 11.3 Å². The summed E-state index contributed by atoms with van der Waals surface area (Å²) in [6.07, 6.45) is 5.60. The van der Waals surface area contributed by atoms with Crippen LogP contribution in [0.25, 0.3) is 11.3 Å². The van der Waals surface area contributed by atoms with E-state index in [2.05, 4.69) is 9.88 Å². The summed E-state index contributed by atoms with van der Waals surface area (Å²) in [5, 5.41) is 0.683. The molecule has 28 heavy (non-hydrogen) atoms. The maximum Gasteiger partial charge on any atom is 0.236 e. The van der Waals surface area contributed by atoms with Crippen molar-refractivity contribution >= 4 is 17.5 Å². The first-order chi connectivity index (χ1) is 13.7. The molecule has 0 N–H and O–H groups in total. The van der Waals surface area contributed by atoms with Crippen LogP contribution in [0.1, 0.15) is 24.5 Å². The maximum absolute atomic E-state index is 12.8. The summed E-state index contributed by atoms with van der Waals surface area (Å²) in [6, 6.07) is 7.65. The number of likely N-dealkylation sites (tertiary alicyclic amines) is 1. The Morgan fingerprint density at radius 3 is 2.89 bits per heavy atom. The van der Waals surface area contributed by atoms with Crippen molar-refractivity contribution in [3.63, 3.8) is 0 Å². The number of carbonyl (C=O) groups is 1. The van der Waals surface area contributed by atoms with Gasteiger partial charge >= 0.3 is 0 Å². The van der Waals surface area contributed by atoms with Gasteiger partial charge in [-0.2, -0.15) is 0 Å². The molecular formula is C21H25ClN4O2. The molecule has 148 valence electrons. The third-order valence-corrected chi connectivity index (χ3v) is 5.66. The van der Waals surface area contributed by atoms with Crippen LogP contribution in [-0.4, -0.2) is 71.6 Å². The Morgan fingerprint density at radius 1 is 1.21 bits per heavy atom. The highest BCUT2D eigenvalue weighted by Gasteiger charge is 2.27. The average Bonchev–Trinajstić information content (AvgIpc) is 2.75. The number of carbonyl (C=O) groups excluding carboxylic acids is 1. The van der Waals surface area contributed by atoms with Crippen LogP contribution in [0.4, 0.5) is 0 Å². The third kappa shape index (κ3) is 4.69. The first-order valence-electron chi connectivity index (χ1n) is 9.85. The molecule has 0 aliphatic carbocycles. The topological polar surface area (TPSA) is 58.6 Å². The molecule has 2 aliphatic heterocycles. The highest BCUT2D eigenvalue weighted by Crippen LogP contribution is 2.28. The van der Waals surface area contributed by atoms with Crippen LogP contribution in [0.5, 0.6) is 0 Å². The number of amides is 1. The zero-order chi connectivity index (χ0) is 19.3. The third-order valence-electron chi connectivity index (χ3n) is 5.43. The smallest absolute Gasteiger partial charge is 0.236 e. The summed E-state index contributed by atoms with van der Waals surface area (Å²) in [7, 11) is 0. The summed E-state index contributed by atoms with van der Waals surface area (Å²) in [6.45, 7) is 5.08. The van der Waals surface area contributed by atoms with Gasteiger partial charge in [-0.3, -0.25) is 14.7 Å². The highest BCUT2D eigenvalue weighted by molar-refractivity contribution is 6.30. The van der Waals surface area contributed by atoms with Gasteiger partial charge in [-0.15, -0.1) is 0 Å². The lowest BCUT2D eigenvalue weighted by atomic mass is 9.94. The lowest BCUT2D eigenvalue weighted by Crippen LogP contribution is -2.47. The second kappa shape index (κ2) is 8.99. The van der Waals surface area contributed by atoms with Crippen molar-refractivity contribution in [2.45, 2.75) is 18.8 Å². The van der Waals surface area contributed by atoms with Gasteiger partial charge in [0, 0.05) is 48.9 Å². The molecule has 1 aromatic heterocycles. The van der Waals surface area contributed by atoms with E-state index in [9.17, 15) is 4.79 Å². The predicted octanol–water partition coefficient (Wildman–Crippen LogP) is 2.84. The van der Waals surface area contributed by atoms with Crippen LogP contribution < -0.4 is 0 Å². The minimum atomic E-state index is 0.200. The van der Waals surface area contributed by atoms with Crippen molar-refractivity contribution in [1.29, 1.82) is 0 Å². The standard InChI is InChI=1S/C21H25ClN4O2/c22-18-5-1-3-16(11-18)19-12-23-13-20(24-19)17-4-2-6-26(14-17)21(27)15-25-7-9-28-10-8-25/h1,3,5,11-13,17H,2,4,6-10,14-15H2/t17-/m0/s1. The molecule has 4 rings (SSSR count). The van der Waals surface area contributed by atoms with E-state index >= 15 is 0 Å². The number of aromatic nitrogens is 2. The molecule has 0 spiro atoms. The number of rotatable bonds is 4. The number of nitrogens with zero attached hydrogens (tertiary/aromatic N) is 4. The fourth-order valence-corrected chi connectivity index (χ4v) is 4.05. The monoisotopic (exact) mass is 400 g/mol. The molecule has 0 bridgehead atoms. The lowest BCUT2D eigenvalue weighted by molar-refractivity contribution is -0.134. The van der Waals surface area contributed by atoms with Gasteiger partial charge in [0.1, 0.15) is 0 Å². The van der Waals surface area contributed by atoms with Gasteiger partial charge in [-0.05, 0) is 25.0 Å². The van der Waals surface area contributed by atoms with Gasteiger partial charge in [0.15, 0.2) is 0 Å². The minimum absolute atomic E-state index is 0.200. The van der Waals surface area contributed by atoms with E-state index in [4.69, 9.17) is 21.3 Å². The van der Waals surface area contributed by atoms with Crippen LogP contribution >= 0.6 is 11.6 Å². The summed E-state index contributed by atoms with van der Waals surface area (Å²) in [5.41, 5.74) is 2.72. The molecule has 2 fully saturated rings. The second-order valence-electron chi connectivity index (χ2n) is 7.41. The molecule has 2 saturated heterocycles. The number of ether oxygens (including phenoxy) is 1. The highest BCUT2D eigenvalue weighted by atomic mass is 35.5. The van der Waals surface area contributed by atoms with Gasteiger partial charge in [0.2, 0.25) is 5.91 Å². The fraction of sp³-hybridized carbons (Fsp3) is 0.476. The van der Waals surface area contributed by atoms with Gasteiger partial charge in [0.05, 0.1) is 37.3 Å². The fourth-order valence-electron chi connectivity index (χ4n) is 3.86. The molecule has 1 aromatic carbocycles.